The van der Waals surface area contributed by atoms with Gasteiger partial charge in [-0.2, -0.15) is 0 Å². The van der Waals surface area contributed by atoms with Crippen LogP contribution in [0.25, 0.3) is 0 Å². The predicted molar refractivity (Wildman–Crippen MR) is 76.1 cm³/mol. The SMILES string of the molecule is CCCc1c(NC)ncnc1NC1(CC)CCC1. The summed E-state index contributed by atoms with van der Waals surface area (Å²) in [4.78, 5) is 8.77. The molecule has 1 heterocycles. The molecule has 0 spiro atoms. The molecule has 0 radical (unpaired) electrons. The fourth-order valence-electron chi connectivity index (χ4n) is 2.64. The van der Waals surface area contributed by atoms with Crippen LogP contribution in [0, 0.1) is 0 Å². The third-order valence-electron chi connectivity index (χ3n) is 4.05. The molecule has 0 aliphatic heterocycles. The summed E-state index contributed by atoms with van der Waals surface area (Å²) in [6, 6.07) is 0. The van der Waals surface area contributed by atoms with Crippen LogP contribution in [0.1, 0.15) is 51.5 Å². The molecule has 2 rings (SSSR count). The van der Waals surface area contributed by atoms with Crippen LogP contribution in [-0.4, -0.2) is 22.6 Å². The van der Waals surface area contributed by atoms with Gasteiger partial charge in [0.05, 0.1) is 0 Å². The maximum absolute atomic E-state index is 4.46. The second-order valence-electron chi connectivity index (χ2n) is 5.16. The highest BCUT2D eigenvalue weighted by Crippen LogP contribution is 2.38. The quantitative estimate of drug-likeness (QED) is 0.811. The van der Waals surface area contributed by atoms with Crippen molar-refractivity contribution in [1.82, 2.24) is 9.97 Å². The van der Waals surface area contributed by atoms with Crippen molar-refractivity contribution in [2.45, 2.75) is 57.9 Å². The molecule has 0 amide bonds. The first kappa shape index (κ1) is 13.1. The molecule has 0 unspecified atom stereocenters. The molecule has 100 valence electrons. The van der Waals surface area contributed by atoms with Crippen LogP contribution in [0.4, 0.5) is 11.6 Å². The van der Waals surface area contributed by atoms with Crippen LogP contribution in [-0.2, 0) is 6.42 Å². The second-order valence-corrected chi connectivity index (χ2v) is 5.16. The molecule has 4 nitrogen and oxygen atoms in total. The Kier molecular flexibility index (Phi) is 4.04. The second kappa shape index (κ2) is 5.55. The van der Waals surface area contributed by atoms with E-state index in [9.17, 15) is 0 Å². The van der Waals surface area contributed by atoms with Gasteiger partial charge in [-0.3, -0.25) is 0 Å². The monoisotopic (exact) mass is 248 g/mol. The van der Waals surface area contributed by atoms with Crippen LogP contribution in [0.3, 0.4) is 0 Å². The number of hydrogen-bond donors (Lipinski definition) is 2. The summed E-state index contributed by atoms with van der Waals surface area (Å²) < 4.78 is 0. The lowest BCUT2D eigenvalue weighted by Gasteiger charge is -2.42. The van der Waals surface area contributed by atoms with Gasteiger partial charge in [0, 0.05) is 18.2 Å². The van der Waals surface area contributed by atoms with Crippen molar-refractivity contribution < 1.29 is 0 Å². The topological polar surface area (TPSA) is 49.8 Å². The van der Waals surface area contributed by atoms with Crippen molar-refractivity contribution in [1.29, 1.82) is 0 Å². The Hall–Kier alpha value is -1.32. The molecule has 4 heteroatoms. The molecular formula is C14H24N4. The van der Waals surface area contributed by atoms with Crippen molar-refractivity contribution in [2.24, 2.45) is 0 Å². The molecule has 2 N–H and O–H groups in total. The van der Waals surface area contributed by atoms with Crippen LogP contribution in [0.5, 0.6) is 0 Å². The van der Waals surface area contributed by atoms with E-state index in [0.717, 1.165) is 30.9 Å². The van der Waals surface area contributed by atoms with Crippen molar-refractivity contribution in [2.75, 3.05) is 17.7 Å². The average Bonchev–Trinajstić information content (AvgIpc) is 2.35. The van der Waals surface area contributed by atoms with E-state index in [0.29, 0.717) is 0 Å². The largest absolute Gasteiger partial charge is 0.373 e. The highest BCUT2D eigenvalue weighted by atomic mass is 15.1. The lowest BCUT2D eigenvalue weighted by molar-refractivity contribution is 0.268. The lowest BCUT2D eigenvalue weighted by Crippen LogP contribution is -2.44. The minimum absolute atomic E-state index is 0.280. The fraction of sp³-hybridized carbons (Fsp3) is 0.714. The van der Waals surface area contributed by atoms with Crippen LogP contribution in [0.2, 0.25) is 0 Å². The van der Waals surface area contributed by atoms with E-state index in [1.54, 1.807) is 6.33 Å². The molecule has 0 aromatic carbocycles. The average molecular weight is 248 g/mol. The zero-order valence-corrected chi connectivity index (χ0v) is 11.7. The molecule has 1 aromatic heterocycles. The maximum Gasteiger partial charge on any atom is 0.135 e. The Bertz CT molecular complexity index is 393. The van der Waals surface area contributed by atoms with Gasteiger partial charge in [0.1, 0.15) is 18.0 Å². The van der Waals surface area contributed by atoms with Crippen molar-refractivity contribution in [3.05, 3.63) is 11.9 Å². The lowest BCUT2D eigenvalue weighted by atomic mass is 9.75. The number of rotatable bonds is 6. The highest BCUT2D eigenvalue weighted by Gasteiger charge is 2.35. The number of aromatic nitrogens is 2. The summed E-state index contributed by atoms with van der Waals surface area (Å²) in [6.45, 7) is 4.45. The maximum atomic E-state index is 4.46. The van der Waals surface area contributed by atoms with Crippen LogP contribution >= 0.6 is 0 Å². The van der Waals surface area contributed by atoms with Crippen molar-refractivity contribution in [3.8, 4) is 0 Å². The van der Waals surface area contributed by atoms with Crippen LogP contribution < -0.4 is 10.6 Å². The number of hydrogen-bond acceptors (Lipinski definition) is 4. The van der Waals surface area contributed by atoms with Gasteiger partial charge in [0.25, 0.3) is 0 Å². The zero-order chi connectivity index (χ0) is 13.0. The van der Waals surface area contributed by atoms with E-state index in [1.807, 2.05) is 7.05 Å². The first-order chi connectivity index (χ1) is 8.74. The number of nitrogens with zero attached hydrogens (tertiary/aromatic N) is 2. The van der Waals surface area contributed by atoms with Gasteiger partial charge in [0.2, 0.25) is 0 Å². The highest BCUT2D eigenvalue weighted by molar-refractivity contribution is 5.58. The normalized spacial score (nSPS) is 17.1. The molecular weight excluding hydrogens is 224 g/mol. The Labute approximate surface area is 110 Å². The third kappa shape index (κ3) is 2.42. The summed E-state index contributed by atoms with van der Waals surface area (Å²) in [5, 5.41) is 6.85. The standard InChI is InChI=1S/C14H24N4/c1-4-7-11-12(15-3)16-10-17-13(11)18-14(5-2)8-6-9-14/h10H,4-9H2,1-3H3,(H2,15,16,17,18). The van der Waals surface area contributed by atoms with E-state index < -0.39 is 0 Å². The molecule has 1 aliphatic carbocycles. The predicted octanol–water partition coefficient (Wildman–Crippen LogP) is 3.22. The molecule has 0 saturated heterocycles. The number of anilines is 2. The minimum Gasteiger partial charge on any atom is -0.373 e. The molecule has 1 saturated carbocycles. The van der Waals surface area contributed by atoms with Gasteiger partial charge in [-0.15, -0.1) is 0 Å². The van der Waals surface area contributed by atoms with Gasteiger partial charge in [-0.05, 0) is 32.1 Å². The summed E-state index contributed by atoms with van der Waals surface area (Å²) in [7, 11) is 1.92. The fourth-order valence-corrected chi connectivity index (χ4v) is 2.64. The third-order valence-corrected chi connectivity index (χ3v) is 4.05. The van der Waals surface area contributed by atoms with E-state index >= 15 is 0 Å². The molecule has 1 aromatic rings. The van der Waals surface area contributed by atoms with E-state index in [1.165, 1.54) is 24.8 Å². The van der Waals surface area contributed by atoms with E-state index in [2.05, 4.69) is 34.4 Å². The van der Waals surface area contributed by atoms with Crippen molar-refractivity contribution in [3.63, 3.8) is 0 Å². The van der Waals surface area contributed by atoms with E-state index in [-0.39, 0.29) is 5.54 Å². The molecule has 1 fully saturated rings. The summed E-state index contributed by atoms with van der Waals surface area (Å²) in [5.74, 6) is 1.98. The number of nitrogens with one attached hydrogen (secondary N) is 2. The zero-order valence-electron chi connectivity index (χ0n) is 11.7. The minimum atomic E-state index is 0.280. The summed E-state index contributed by atoms with van der Waals surface area (Å²) in [5.41, 5.74) is 1.50. The van der Waals surface area contributed by atoms with Crippen molar-refractivity contribution >= 4 is 11.6 Å². The van der Waals surface area contributed by atoms with E-state index in [4.69, 9.17) is 0 Å². The Morgan fingerprint density at radius 1 is 1.22 bits per heavy atom. The summed E-state index contributed by atoms with van der Waals surface area (Å²) >= 11 is 0. The van der Waals surface area contributed by atoms with Gasteiger partial charge in [-0.1, -0.05) is 20.3 Å². The van der Waals surface area contributed by atoms with Gasteiger partial charge >= 0.3 is 0 Å². The molecule has 0 bridgehead atoms. The Morgan fingerprint density at radius 3 is 2.44 bits per heavy atom. The molecule has 18 heavy (non-hydrogen) atoms. The Morgan fingerprint density at radius 2 is 1.94 bits per heavy atom. The van der Waals surface area contributed by atoms with Gasteiger partial charge < -0.3 is 10.6 Å². The van der Waals surface area contributed by atoms with Gasteiger partial charge in [0.15, 0.2) is 0 Å². The first-order valence-electron chi connectivity index (χ1n) is 7.04. The Balaban J connectivity index is 2.25. The smallest absolute Gasteiger partial charge is 0.135 e. The molecule has 1 aliphatic rings. The first-order valence-corrected chi connectivity index (χ1v) is 7.04. The van der Waals surface area contributed by atoms with Crippen LogP contribution in [0.15, 0.2) is 6.33 Å². The summed E-state index contributed by atoms with van der Waals surface area (Å²) in [6.07, 6.45) is 8.78. The van der Waals surface area contributed by atoms with Gasteiger partial charge in [-0.25, -0.2) is 9.97 Å². The molecule has 0 atom stereocenters.